The standard InChI is InChI=1S/C20H32N4O/c1-14(2)16-9-11-18(12-10-16)24-20(22-4)23-13-15-5-7-17(8-6-15)19(25)21-3/h5-8,14,16,18H,9-13H2,1-4H3,(H,21,25)(H2,22,23,24). The van der Waals surface area contributed by atoms with Crippen molar-refractivity contribution in [1.82, 2.24) is 16.0 Å². The smallest absolute Gasteiger partial charge is 0.251 e. The lowest BCUT2D eigenvalue weighted by Crippen LogP contribution is -2.44. The van der Waals surface area contributed by atoms with Crippen LogP contribution in [0.1, 0.15) is 55.5 Å². The highest BCUT2D eigenvalue weighted by Gasteiger charge is 2.23. The molecule has 1 aromatic rings. The maximum absolute atomic E-state index is 11.6. The average Bonchev–Trinajstić information content (AvgIpc) is 2.65. The minimum Gasteiger partial charge on any atom is -0.355 e. The van der Waals surface area contributed by atoms with Gasteiger partial charge in [0, 0.05) is 32.2 Å². The molecule has 0 aromatic heterocycles. The van der Waals surface area contributed by atoms with Crippen molar-refractivity contribution < 1.29 is 4.79 Å². The Morgan fingerprint density at radius 2 is 1.80 bits per heavy atom. The number of amides is 1. The SMILES string of the molecule is CN=C(NCc1ccc(C(=O)NC)cc1)NC1CCC(C(C)C)CC1. The third-order valence-corrected chi connectivity index (χ3v) is 5.18. The summed E-state index contributed by atoms with van der Waals surface area (Å²) >= 11 is 0. The van der Waals surface area contributed by atoms with E-state index in [4.69, 9.17) is 0 Å². The summed E-state index contributed by atoms with van der Waals surface area (Å²) < 4.78 is 0. The number of benzene rings is 1. The van der Waals surface area contributed by atoms with Crippen LogP contribution in [0.2, 0.25) is 0 Å². The topological polar surface area (TPSA) is 65.5 Å². The van der Waals surface area contributed by atoms with Crippen molar-refractivity contribution in [3.63, 3.8) is 0 Å². The Labute approximate surface area is 151 Å². The van der Waals surface area contributed by atoms with Gasteiger partial charge in [0.25, 0.3) is 5.91 Å². The molecule has 1 aliphatic rings. The normalized spacial score (nSPS) is 21.1. The van der Waals surface area contributed by atoms with Crippen LogP contribution in [0.15, 0.2) is 29.3 Å². The highest BCUT2D eigenvalue weighted by molar-refractivity contribution is 5.93. The Hall–Kier alpha value is -2.04. The largest absolute Gasteiger partial charge is 0.355 e. The molecule has 1 fully saturated rings. The van der Waals surface area contributed by atoms with Gasteiger partial charge >= 0.3 is 0 Å². The van der Waals surface area contributed by atoms with Gasteiger partial charge in [-0.3, -0.25) is 9.79 Å². The molecule has 0 radical (unpaired) electrons. The van der Waals surface area contributed by atoms with E-state index in [2.05, 4.69) is 34.8 Å². The van der Waals surface area contributed by atoms with Gasteiger partial charge in [0.1, 0.15) is 0 Å². The van der Waals surface area contributed by atoms with Gasteiger partial charge in [0.2, 0.25) is 0 Å². The molecule has 0 spiro atoms. The van der Waals surface area contributed by atoms with E-state index < -0.39 is 0 Å². The molecular weight excluding hydrogens is 312 g/mol. The molecule has 1 saturated carbocycles. The van der Waals surface area contributed by atoms with Crippen molar-refractivity contribution in [2.24, 2.45) is 16.8 Å². The maximum Gasteiger partial charge on any atom is 0.251 e. The second-order valence-electron chi connectivity index (χ2n) is 7.20. The summed E-state index contributed by atoms with van der Waals surface area (Å²) in [7, 11) is 3.45. The first-order chi connectivity index (χ1) is 12.0. The van der Waals surface area contributed by atoms with Crippen LogP contribution >= 0.6 is 0 Å². The number of nitrogens with one attached hydrogen (secondary N) is 3. The van der Waals surface area contributed by atoms with Crippen LogP contribution in [-0.2, 0) is 6.54 Å². The summed E-state index contributed by atoms with van der Waals surface area (Å²) in [5.41, 5.74) is 1.80. The number of rotatable bonds is 5. The van der Waals surface area contributed by atoms with Gasteiger partial charge in [-0.1, -0.05) is 26.0 Å². The van der Waals surface area contributed by atoms with Crippen LogP contribution < -0.4 is 16.0 Å². The van der Waals surface area contributed by atoms with Crippen LogP contribution in [-0.4, -0.2) is 32.0 Å². The summed E-state index contributed by atoms with van der Waals surface area (Å²) in [4.78, 5) is 15.9. The van der Waals surface area contributed by atoms with Crippen LogP contribution in [0, 0.1) is 11.8 Å². The second kappa shape index (κ2) is 9.44. The van der Waals surface area contributed by atoms with Crippen molar-refractivity contribution in [2.45, 2.75) is 52.1 Å². The van der Waals surface area contributed by atoms with E-state index in [0.717, 1.165) is 23.4 Å². The summed E-state index contributed by atoms with van der Waals surface area (Å²) in [5, 5.41) is 9.55. The molecule has 0 bridgehead atoms. The van der Waals surface area contributed by atoms with E-state index in [-0.39, 0.29) is 5.91 Å². The fourth-order valence-corrected chi connectivity index (χ4v) is 3.42. The fourth-order valence-electron chi connectivity index (χ4n) is 3.42. The zero-order chi connectivity index (χ0) is 18.2. The summed E-state index contributed by atoms with van der Waals surface area (Å²) in [6.45, 7) is 5.34. The second-order valence-corrected chi connectivity index (χ2v) is 7.20. The Kier molecular flexibility index (Phi) is 7.29. The van der Waals surface area contributed by atoms with Crippen LogP contribution in [0.5, 0.6) is 0 Å². The molecule has 3 N–H and O–H groups in total. The molecule has 0 atom stereocenters. The number of carbonyl (C=O) groups is 1. The van der Waals surface area contributed by atoms with E-state index >= 15 is 0 Å². The Bertz CT molecular complexity index is 572. The third kappa shape index (κ3) is 5.76. The molecule has 5 nitrogen and oxygen atoms in total. The Balaban J connectivity index is 1.80. The number of aliphatic imine (C=N–C) groups is 1. The Morgan fingerprint density at radius 1 is 1.16 bits per heavy atom. The molecule has 0 unspecified atom stereocenters. The highest BCUT2D eigenvalue weighted by Crippen LogP contribution is 2.29. The molecule has 138 valence electrons. The van der Waals surface area contributed by atoms with Gasteiger partial charge in [-0.25, -0.2) is 0 Å². The number of guanidine groups is 1. The van der Waals surface area contributed by atoms with E-state index in [0.29, 0.717) is 18.2 Å². The third-order valence-electron chi connectivity index (χ3n) is 5.18. The van der Waals surface area contributed by atoms with Gasteiger partial charge in [0.05, 0.1) is 0 Å². The fraction of sp³-hybridized carbons (Fsp3) is 0.600. The molecule has 1 amide bonds. The number of nitrogens with zero attached hydrogens (tertiary/aromatic N) is 1. The zero-order valence-corrected chi connectivity index (χ0v) is 15.9. The van der Waals surface area contributed by atoms with Crippen LogP contribution in [0.4, 0.5) is 0 Å². The predicted molar refractivity (Wildman–Crippen MR) is 104 cm³/mol. The summed E-state index contributed by atoms with van der Waals surface area (Å²) in [6.07, 6.45) is 5.02. The minimum absolute atomic E-state index is 0.0611. The quantitative estimate of drug-likeness (QED) is 0.568. The number of hydrogen-bond donors (Lipinski definition) is 3. The van der Waals surface area contributed by atoms with E-state index in [1.54, 1.807) is 7.05 Å². The highest BCUT2D eigenvalue weighted by atomic mass is 16.1. The number of carbonyl (C=O) groups excluding carboxylic acids is 1. The first kappa shape index (κ1) is 19.3. The number of hydrogen-bond acceptors (Lipinski definition) is 2. The van der Waals surface area contributed by atoms with Gasteiger partial charge in [-0.2, -0.15) is 0 Å². The first-order valence-electron chi connectivity index (χ1n) is 9.31. The molecular formula is C20H32N4O. The van der Waals surface area contributed by atoms with Crippen LogP contribution in [0.3, 0.4) is 0 Å². The van der Waals surface area contributed by atoms with E-state index in [9.17, 15) is 4.79 Å². The van der Waals surface area contributed by atoms with Crippen LogP contribution in [0.25, 0.3) is 0 Å². The molecule has 0 heterocycles. The molecule has 25 heavy (non-hydrogen) atoms. The van der Waals surface area contributed by atoms with Gasteiger partial charge in [-0.05, 0) is 55.2 Å². The summed E-state index contributed by atoms with van der Waals surface area (Å²) in [5.74, 6) is 2.44. The zero-order valence-electron chi connectivity index (χ0n) is 15.9. The molecule has 1 aromatic carbocycles. The lowest BCUT2D eigenvalue weighted by molar-refractivity contribution is 0.0963. The molecule has 2 rings (SSSR count). The molecule has 5 heteroatoms. The average molecular weight is 345 g/mol. The maximum atomic E-state index is 11.6. The molecule has 0 saturated heterocycles. The predicted octanol–water partition coefficient (Wildman–Crippen LogP) is 2.93. The minimum atomic E-state index is -0.0611. The molecule has 0 aliphatic heterocycles. The van der Waals surface area contributed by atoms with E-state index in [1.165, 1.54) is 25.7 Å². The van der Waals surface area contributed by atoms with Crippen molar-refractivity contribution in [3.8, 4) is 0 Å². The van der Waals surface area contributed by atoms with Gasteiger partial charge in [0.15, 0.2) is 5.96 Å². The Morgan fingerprint density at radius 3 is 2.32 bits per heavy atom. The van der Waals surface area contributed by atoms with Gasteiger partial charge < -0.3 is 16.0 Å². The van der Waals surface area contributed by atoms with Crippen molar-refractivity contribution in [2.75, 3.05) is 14.1 Å². The monoisotopic (exact) mass is 344 g/mol. The van der Waals surface area contributed by atoms with Crippen molar-refractivity contribution >= 4 is 11.9 Å². The molecule has 1 aliphatic carbocycles. The van der Waals surface area contributed by atoms with Gasteiger partial charge in [-0.15, -0.1) is 0 Å². The lowest BCUT2D eigenvalue weighted by atomic mass is 9.80. The summed E-state index contributed by atoms with van der Waals surface area (Å²) in [6, 6.07) is 8.15. The van der Waals surface area contributed by atoms with E-state index in [1.807, 2.05) is 31.3 Å². The van der Waals surface area contributed by atoms with Crippen molar-refractivity contribution in [3.05, 3.63) is 35.4 Å². The lowest BCUT2D eigenvalue weighted by Gasteiger charge is -2.32. The van der Waals surface area contributed by atoms with Crippen molar-refractivity contribution in [1.29, 1.82) is 0 Å². The first-order valence-corrected chi connectivity index (χ1v) is 9.31.